The predicted molar refractivity (Wildman–Crippen MR) is 70.9 cm³/mol. The molecule has 3 aromatic rings. The Labute approximate surface area is 107 Å². The van der Waals surface area contributed by atoms with E-state index < -0.39 is 0 Å². The second-order valence-electron chi connectivity index (χ2n) is 3.98. The number of rotatable bonds is 1. The number of halogens is 1. The van der Waals surface area contributed by atoms with Gasteiger partial charge in [0, 0.05) is 24.2 Å². The monoisotopic (exact) mass is 287 g/mol. The van der Waals surface area contributed by atoms with E-state index in [1.807, 2.05) is 22.9 Å². The summed E-state index contributed by atoms with van der Waals surface area (Å²) in [6.45, 7) is 2.08. The second kappa shape index (κ2) is 3.96. The fourth-order valence-electron chi connectivity index (χ4n) is 1.80. The maximum absolute atomic E-state index is 4.50. The second-order valence-corrected chi connectivity index (χ2v) is 4.89. The van der Waals surface area contributed by atoms with Crippen LogP contribution in [-0.2, 0) is 0 Å². The summed E-state index contributed by atoms with van der Waals surface area (Å²) in [5, 5.41) is 0. The first kappa shape index (κ1) is 10.5. The third-order valence-electron chi connectivity index (χ3n) is 2.59. The van der Waals surface area contributed by atoms with Crippen molar-refractivity contribution in [2.75, 3.05) is 0 Å². The zero-order chi connectivity index (χ0) is 11.8. The van der Waals surface area contributed by atoms with E-state index in [0.29, 0.717) is 5.78 Å². The Balaban J connectivity index is 2.18. The van der Waals surface area contributed by atoms with Gasteiger partial charge in [0.15, 0.2) is 0 Å². The molecule has 0 unspecified atom stereocenters. The van der Waals surface area contributed by atoms with Crippen LogP contribution in [0.3, 0.4) is 0 Å². The van der Waals surface area contributed by atoms with Crippen LogP contribution in [0.1, 0.15) is 5.56 Å². The van der Waals surface area contributed by atoms with Gasteiger partial charge in [-0.15, -0.1) is 0 Å². The van der Waals surface area contributed by atoms with Crippen molar-refractivity contribution in [3.05, 3.63) is 52.9 Å². The van der Waals surface area contributed by atoms with Gasteiger partial charge >= 0.3 is 0 Å². The molecular weight excluding hydrogens is 278 g/mol. The van der Waals surface area contributed by atoms with Gasteiger partial charge in [-0.3, -0.25) is 4.40 Å². The van der Waals surface area contributed by atoms with Crippen molar-refractivity contribution in [2.45, 2.75) is 6.92 Å². The first-order chi connectivity index (χ1) is 8.22. The number of nitrogens with zero attached hydrogens (tertiary/aromatic N) is 3. The normalized spacial score (nSPS) is 10.9. The van der Waals surface area contributed by atoms with Crippen molar-refractivity contribution in [1.29, 1.82) is 0 Å². The van der Waals surface area contributed by atoms with Gasteiger partial charge in [0.25, 0.3) is 0 Å². The lowest BCUT2D eigenvalue weighted by molar-refractivity contribution is 1.10. The Morgan fingerprint density at radius 3 is 2.94 bits per heavy atom. The number of benzene rings is 1. The highest BCUT2D eigenvalue weighted by Gasteiger charge is 2.05. The van der Waals surface area contributed by atoms with E-state index in [2.05, 4.69) is 51.0 Å². The minimum Gasteiger partial charge on any atom is -0.289 e. The molecule has 84 valence electrons. The molecule has 0 fully saturated rings. The van der Waals surface area contributed by atoms with E-state index in [4.69, 9.17) is 0 Å². The van der Waals surface area contributed by atoms with Gasteiger partial charge in [0.2, 0.25) is 5.78 Å². The fourth-order valence-corrected chi connectivity index (χ4v) is 2.13. The van der Waals surface area contributed by atoms with Crippen LogP contribution in [0.4, 0.5) is 0 Å². The summed E-state index contributed by atoms with van der Waals surface area (Å²) >= 11 is 3.40. The van der Waals surface area contributed by atoms with E-state index in [9.17, 15) is 0 Å². The highest BCUT2D eigenvalue weighted by Crippen LogP contribution is 2.20. The van der Waals surface area contributed by atoms with E-state index in [1.54, 1.807) is 6.20 Å². The molecule has 0 saturated heterocycles. The largest absolute Gasteiger partial charge is 0.289 e. The van der Waals surface area contributed by atoms with Crippen molar-refractivity contribution in [3.63, 3.8) is 0 Å². The number of hydrogen-bond acceptors (Lipinski definition) is 2. The molecule has 0 amide bonds. The molecule has 17 heavy (non-hydrogen) atoms. The number of imidazole rings is 1. The van der Waals surface area contributed by atoms with Gasteiger partial charge in [-0.2, -0.15) is 0 Å². The summed E-state index contributed by atoms with van der Waals surface area (Å²) in [6, 6.07) is 8.30. The maximum atomic E-state index is 4.50. The van der Waals surface area contributed by atoms with Gasteiger partial charge in [0.1, 0.15) is 0 Å². The summed E-state index contributed by atoms with van der Waals surface area (Å²) in [5.74, 6) is 0.713. The van der Waals surface area contributed by atoms with E-state index in [1.165, 1.54) is 5.56 Å². The predicted octanol–water partition coefficient (Wildman–Crippen LogP) is 3.47. The van der Waals surface area contributed by atoms with Crippen LogP contribution >= 0.6 is 15.9 Å². The van der Waals surface area contributed by atoms with Crippen molar-refractivity contribution < 1.29 is 0 Å². The highest BCUT2D eigenvalue weighted by molar-refractivity contribution is 9.10. The minimum absolute atomic E-state index is 0.713. The summed E-state index contributed by atoms with van der Waals surface area (Å²) in [4.78, 5) is 8.75. The van der Waals surface area contributed by atoms with Crippen molar-refractivity contribution in [1.82, 2.24) is 14.4 Å². The topological polar surface area (TPSA) is 30.2 Å². The van der Waals surface area contributed by atoms with Crippen LogP contribution in [0.5, 0.6) is 0 Å². The lowest BCUT2D eigenvalue weighted by atomic mass is 10.1. The molecule has 0 radical (unpaired) electrons. The first-order valence-electron chi connectivity index (χ1n) is 5.30. The molecule has 0 aliphatic heterocycles. The SMILES string of the molecule is Cc1cccc(-c2cn3cc(Br)cnc3n2)c1. The van der Waals surface area contributed by atoms with Gasteiger partial charge in [-0.05, 0) is 28.9 Å². The number of hydrogen-bond donors (Lipinski definition) is 0. The third kappa shape index (κ3) is 1.96. The zero-order valence-corrected chi connectivity index (χ0v) is 10.8. The van der Waals surface area contributed by atoms with Gasteiger partial charge in [0.05, 0.1) is 10.2 Å². The summed E-state index contributed by atoms with van der Waals surface area (Å²) < 4.78 is 2.86. The lowest BCUT2D eigenvalue weighted by Gasteiger charge is -1.96. The number of aromatic nitrogens is 3. The Hall–Kier alpha value is -1.68. The van der Waals surface area contributed by atoms with Crippen LogP contribution in [0.25, 0.3) is 17.0 Å². The number of aryl methyl sites for hydroxylation is 1. The molecular formula is C13H10BrN3. The first-order valence-corrected chi connectivity index (χ1v) is 6.09. The van der Waals surface area contributed by atoms with Crippen molar-refractivity contribution in [2.24, 2.45) is 0 Å². The Morgan fingerprint density at radius 2 is 2.12 bits per heavy atom. The van der Waals surface area contributed by atoms with E-state index in [-0.39, 0.29) is 0 Å². The Morgan fingerprint density at radius 1 is 1.24 bits per heavy atom. The zero-order valence-electron chi connectivity index (χ0n) is 9.26. The molecule has 2 heterocycles. The van der Waals surface area contributed by atoms with Crippen LogP contribution in [0, 0.1) is 6.92 Å². The number of fused-ring (bicyclic) bond motifs is 1. The highest BCUT2D eigenvalue weighted by atomic mass is 79.9. The maximum Gasteiger partial charge on any atom is 0.234 e. The van der Waals surface area contributed by atoms with Crippen molar-refractivity contribution in [3.8, 4) is 11.3 Å². The summed E-state index contributed by atoms with van der Waals surface area (Å²) in [5.41, 5.74) is 3.29. The molecule has 3 nitrogen and oxygen atoms in total. The third-order valence-corrected chi connectivity index (χ3v) is 3.00. The molecule has 0 saturated carbocycles. The molecule has 0 N–H and O–H groups in total. The summed E-state index contributed by atoms with van der Waals surface area (Å²) in [6.07, 6.45) is 5.69. The van der Waals surface area contributed by atoms with Crippen LogP contribution < -0.4 is 0 Å². The molecule has 3 rings (SSSR count). The molecule has 0 bridgehead atoms. The van der Waals surface area contributed by atoms with E-state index in [0.717, 1.165) is 15.7 Å². The minimum atomic E-state index is 0.713. The fraction of sp³-hybridized carbons (Fsp3) is 0.0769. The molecule has 4 heteroatoms. The molecule has 0 aliphatic rings. The van der Waals surface area contributed by atoms with Gasteiger partial charge in [-0.25, -0.2) is 9.97 Å². The molecule has 0 spiro atoms. The van der Waals surface area contributed by atoms with E-state index >= 15 is 0 Å². The average molecular weight is 288 g/mol. The molecule has 0 aliphatic carbocycles. The van der Waals surface area contributed by atoms with Gasteiger partial charge < -0.3 is 0 Å². The standard InChI is InChI=1S/C13H10BrN3/c1-9-3-2-4-10(5-9)12-8-17-7-11(14)6-15-13(17)16-12/h2-8H,1H3. The lowest BCUT2D eigenvalue weighted by Crippen LogP contribution is -1.85. The summed E-state index contributed by atoms with van der Waals surface area (Å²) in [7, 11) is 0. The molecule has 1 aromatic carbocycles. The van der Waals surface area contributed by atoms with Crippen LogP contribution in [0.2, 0.25) is 0 Å². The quantitative estimate of drug-likeness (QED) is 0.686. The molecule has 2 aromatic heterocycles. The van der Waals surface area contributed by atoms with Crippen molar-refractivity contribution >= 4 is 21.7 Å². The average Bonchev–Trinajstić information content (AvgIpc) is 2.72. The smallest absolute Gasteiger partial charge is 0.234 e. The van der Waals surface area contributed by atoms with Gasteiger partial charge in [-0.1, -0.05) is 23.8 Å². The van der Waals surface area contributed by atoms with Crippen LogP contribution in [0.15, 0.2) is 47.3 Å². The van der Waals surface area contributed by atoms with Crippen LogP contribution in [-0.4, -0.2) is 14.4 Å². The molecule has 0 atom stereocenters. The Kier molecular flexibility index (Phi) is 2.44. The Bertz CT molecular complexity index is 688.